The van der Waals surface area contributed by atoms with Crippen LogP contribution in [0.3, 0.4) is 0 Å². The molecule has 0 spiro atoms. The number of hydrogen-bond donors (Lipinski definition) is 1. The molecular formula is C14H20B2ClN3O4. The molecule has 0 amide bonds. The van der Waals surface area contributed by atoms with E-state index in [2.05, 4.69) is 9.97 Å². The number of nitrogens with zero attached hydrogens (tertiary/aromatic N) is 3. The third kappa shape index (κ3) is 2.95. The maximum atomic E-state index is 11.2. The highest BCUT2D eigenvalue weighted by atomic mass is 35.5. The Morgan fingerprint density at radius 1 is 1.50 bits per heavy atom. The zero-order valence-corrected chi connectivity index (χ0v) is 14.5. The Hall–Kier alpha value is -1.12. The molecule has 1 fully saturated rings. The summed E-state index contributed by atoms with van der Waals surface area (Å²) in [5.74, 6) is 0. The number of aromatic nitrogens is 3. The van der Waals surface area contributed by atoms with Crippen molar-refractivity contribution in [2.24, 2.45) is 0 Å². The van der Waals surface area contributed by atoms with Gasteiger partial charge in [0.15, 0.2) is 6.23 Å². The minimum atomic E-state index is -1.46. The van der Waals surface area contributed by atoms with Crippen molar-refractivity contribution in [3.05, 3.63) is 23.7 Å². The topological polar surface area (TPSA) is 78.6 Å². The van der Waals surface area contributed by atoms with Gasteiger partial charge in [-0.15, -0.1) is 0 Å². The number of hydrogen-bond acceptors (Lipinski definition) is 6. The summed E-state index contributed by atoms with van der Waals surface area (Å²) in [6.45, 7) is 4.80. The molecule has 1 aliphatic heterocycles. The molecule has 0 bridgehead atoms. The summed E-state index contributed by atoms with van der Waals surface area (Å²) in [7, 11) is -1.60. The van der Waals surface area contributed by atoms with Crippen LogP contribution in [-0.2, 0) is 14.0 Å². The molecule has 10 heteroatoms. The second-order valence-corrected chi connectivity index (χ2v) is 6.10. The Kier molecular flexibility index (Phi) is 4.43. The van der Waals surface area contributed by atoms with Gasteiger partial charge in [0.1, 0.15) is 34.9 Å². The first-order valence-electron chi connectivity index (χ1n) is 8.83. The van der Waals surface area contributed by atoms with Crippen LogP contribution in [0.5, 0.6) is 0 Å². The highest BCUT2D eigenvalue weighted by Gasteiger charge is 2.54. The summed E-state index contributed by atoms with van der Waals surface area (Å²) in [5.41, 5.74) is -0.943. The lowest BCUT2D eigenvalue weighted by Gasteiger charge is -2.30. The zero-order chi connectivity index (χ0) is 19.1. The Labute approximate surface area is 149 Å². The SMILES string of the molecule is [2H]B(C)OC[C@H]1O[C@@H](n2ccc3c(Cl)ncnc32)C(C)(O)[C@@H]1OB([2H])C. The van der Waals surface area contributed by atoms with Gasteiger partial charge in [0.25, 0.3) is 14.9 Å². The van der Waals surface area contributed by atoms with Gasteiger partial charge in [-0.25, -0.2) is 9.97 Å². The van der Waals surface area contributed by atoms with E-state index in [1.807, 2.05) is 0 Å². The number of halogens is 1. The van der Waals surface area contributed by atoms with E-state index < -0.39 is 38.9 Å². The molecule has 3 heterocycles. The van der Waals surface area contributed by atoms with E-state index >= 15 is 0 Å². The third-order valence-electron chi connectivity index (χ3n) is 4.14. The molecule has 0 saturated carbocycles. The molecule has 1 aliphatic rings. The fourth-order valence-corrected chi connectivity index (χ4v) is 3.25. The van der Waals surface area contributed by atoms with Crippen LogP contribution in [-0.4, -0.2) is 61.6 Å². The molecule has 2 aromatic heterocycles. The van der Waals surface area contributed by atoms with Crippen molar-refractivity contribution in [2.45, 2.75) is 44.6 Å². The number of ether oxygens (including phenoxy) is 1. The highest BCUT2D eigenvalue weighted by molar-refractivity contribution is 6.33. The van der Waals surface area contributed by atoms with Crippen molar-refractivity contribution in [3.8, 4) is 0 Å². The monoisotopic (exact) mass is 353 g/mol. The van der Waals surface area contributed by atoms with Crippen molar-refractivity contribution in [1.82, 2.24) is 14.5 Å². The molecular weight excluding hydrogens is 331 g/mol. The van der Waals surface area contributed by atoms with Gasteiger partial charge in [0.05, 0.1) is 12.0 Å². The van der Waals surface area contributed by atoms with Crippen molar-refractivity contribution in [3.63, 3.8) is 0 Å². The summed E-state index contributed by atoms with van der Waals surface area (Å²) in [6.07, 6.45) is 0.762. The normalized spacial score (nSPS) is 31.1. The summed E-state index contributed by atoms with van der Waals surface area (Å²) in [4.78, 5) is 8.18. The van der Waals surface area contributed by atoms with Gasteiger partial charge >= 0.3 is 0 Å². The predicted molar refractivity (Wildman–Crippen MR) is 93.9 cm³/mol. The Morgan fingerprint density at radius 2 is 2.29 bits per heavy atom. The number of fused-ring (bicyclic) bond motifs is 1. The fourth-order valence-electron chi connectivity index (χ4n) is 3.06. The minimum Gasteiger partial charge on any atom is -0.437 e. The van der Waals surface area contributed by atoms with Crippen LogP contribution in [0.25, 0.3) is 11.0 Å². The lowest BCUT2D eigenvalue weighted by molar-refractivity contribution is -0.0915. The maximum Gasteiger partial charge on any atom is 0.272 e. The molecule has 0 aromatic carbocycles. The molecule has 2 aromatic rings. The molecule has 4 atom stereocenters. The van der Waals surface area contributed by atoms with Gasteiger partial charge in [-0.1, -0.05) is 25.2 Å². The Morgan fingerprint density at radius 3 is 3.00 bits per heavy atom. The van der Waals surface area contributed by atoms with Crippen molar-refractivity contribution in [1.29, 1.82) is 2.67 Å². The van der Waals surface area contributed by atoms with E-state index in [0.29, 0.717) is 16.2 Å². The van der Waals surface area contributed by atoms with E-state index in [9.17, 15) is 5.11 Å². The van der Waals surface area contributed by atoms with E-state index in [4.69, 9.17) is 28.3 Å². The van der Waals surface area contributed by atoms with Crippen LogP contribution >= 0.6 is 11.6 Å². The maximum absolute atomic E-state index is 11.2. The molecule has 3 rings (SSSR count). The number of aliphatic hydroxyl groups is 1. The highest BCUT2D eigenvalue weighted by Crippen LogP contribution is 2.41. The first-order chi connectivity index (χ1) is 12.2. The molecule has 7 nitrogen and oxygen atoms in total. The summed E-state index contributed by atoms with van der Waals surface area (Å²) >= 11 is 6.10. The first kappa shape index (κ1) is 15.2. The second kappa shape index (κ2) is 7.01. The van der Waals surface area contributed by atoms with Gasteiger partial charge in [-0.05, 0) is 13.0 Å². The number of rotatable bonds is 6. The standard InChI is InChI=1S/C14H20B2ClN3O4/c1-14(21)10(24-16-3)9(6-22-15-2)23-13(14)20-5-4-8-11(17)18-7-19-12(8)20/h4-5,7,9-10,13,15-16,21H,6H2,1-3H3/t9-,10-,13-,14?/m1/s1/i15D,16D. The van der Waals surface area contributed by atoms with E-state index in [-0.39, 0.29) is 6.61 Å². The molecule has 1 unspecified atom stereocenters. The minimum absolute atomic E-state index is 0.0592. The quantitative estimate of drug-likeness (QED) is 0.615. The summed E-state index contributed by atoms with van der Waals surface area (Å²) < 4.78 is 33.9. The van der Waals surface area contributed by atoms with Crippen LogP contribution in [0.2, 0.25) is 18.8 Å². The van der Waals surface area contributed by atoms with Crippen molar-refractivity contribution in [2.75, 3.05) is 6.61 Å². The molecule has 1 N–H and O–H groups in total. The van der Waals surface area contributed by atoms with Gasteiger partial charge in [0, 0.05) is 8.87 Å². The smallest absolute Gasteiger partial charge is 0.272 e. The van der Waals surface area contributed by atoms with Gasteiger partial charge in [-0.2, -0.15) is 0 Å². The molecule has 0 radical (unpaired) electrons. The summed E-state index contributed by atoms with van der Waals surface area (Å²) in [6, 6.07) is 1.75. The first-order valence-corrected chi connectivity index (χ1v) is 8.06. The van der Waals surface area contributed by atoms with Crippen molar-refractivity contribution >= 4 is 37.5 Å². The molecule has 1 saturated heterocycles. The average molecular weight is 353 g/mol. The fraction of sp³-hybridized carbons (Fsp3) is 0.571. The Balaban J connectivity index is 1.96. The lowest BCUT2D eigenvalue weighted by atomic mass is 9.93. The van der Waals surface area contributed by atoms with Gasteiger partial charge < -0.3 is 23.7 Å². The molecule has 0 aliphatic carbocycles. The lowest BCUT2D eigenvalue weighted by Crippen LogP contribution is -2.46. The second-order valence-electron chi connectivity index (χ2n) is 5.74. The van der Waals surface area contributed by atoms with Crippen LogP contribution in [0.15, 0.2) is 18.6 Å². The largest absolute Gasteiger partial charge is 0.437 e. The van der Waals surface area contributed by atoms with Crippen LogP contribution < -0.4 is 0 Å². The van der Waals surface area contributed by atoms with E-state index in [0.717, 1.165) is 0 Å². The van der Waals surface area contributed by atoms with Crippen molar-refractivity contribution < 1.29 is 19.2 Å². The average Bonchev–Trinajstić information content (AvgIpc) is 3.06. The third-order valence-corrected chi connectivity index (χ3v) is 4.44. The molecule has 24 heavy (non-hydrogen) atoms. The van der Waals surface area contributed by atoms with Crippen LogP contribution in [0.1, 0.15) is 13.2 Å². The molecule has 128 valence electrons. The van der Waals surface area contributed by atoms with Gasteiger partial charge in [0.2, 0.25) is 0 Å². The Bertz CT molecular complexity index is 780. The van der Waals surface area contributed by atoms with Crippen LogP contribution in [0.4, 0.5) is 0 Å². The zero-order valence-electron chi connectivity index (χ0n) is 15.7. The predicted octanol–water partition coefficient (Wildman–Crippen LogP) is 0.934. The summed E-state index contributed by atoms with van der Waals surface area (Å²) in [5, 5.41) is 12.1. The van der Waals surface area contributed by atoms with E-state index in [1.165, 1.54) is 6.33 Å². The van der Waals surface area contributed by atoms with Crippen LogP contribution in [0, 0.1) is 0 Å². The van der Waals surface area contributed by atoms with Gasteiger partial charge in [-0.3, -0.25) is 0 Å². The van der Waals surface area contributed by atoms with E-state index in [1.54, 1.807) is 37.4 Å².